The second-order valence-electron chi connectivity index (χ2n) is 5.79. The molecule has 0 unspecified atom stereocenters. The molecule has 2 heterocycles. The fourth-order valence-corrected chi connectivity index (χ4v) is 3.85. The number of nitrogens with zero attached hydrogens (tertiary/aromatic N) is 3. The molecule has 124 valence electrons. The van der Waals surface area contributed by atoms with Crippen molar-refractivity contribution in [3.63, 3.8) is 0 Å². The van der Waals surface area contributed by atoms with Crippen LogP contribution in [0.1, 0.15) is 18.2 Å². The Morgan fingerprint density at radius 3 is 2.46 bits per heavy atom. The van der Waals surface area contributed by atoms with Crippen molar-refractivity contribution < 1.29 is 4.79 Å². The molecule has 2 aliphatic heterocycles. The molecule has 2 aromatic carbocycles. The minimum atomic E-state index is -0.286. The maximum absolute atomic E-state index is 13.0. The van der Waals surface area contributed by atoms with Gasteiger partial charge in [-0.05, 0) is 30.7 Å². The summed E-state index contributed by atoms with van der Waals surface area (Å²) >= 11 is 18.6. The summed E-state index contributed by atoms with van der Waals surface area (Å²) in [5, 5.41) is 5.35. The van der Waals surface area contributed by atoms with Crippen molar-refractivity contribution in [2.24, 2.45) is 0 Å². The largest absolute Gasteiger partial charge is 0.340 e. The summed E-state index contributed by atoms with van der Waals surface area (Å²) in [4.78, 5) is 14.7. The predicted molar refractivity (Wildman–Crippen MR) is 96.6 cm³/mol. The van der Waals surface area contributed by atoms with Crippen LogP contribution in [0.3, 0.4) is 0 Å². The van der Waals surface area contributed by atoms with Crippen LogP contribution in [0.5, 0.6) is 0 Å². The average Bonchev–Trinajstić information content (AvgIpc) is 3.13. The van der Waals surface area contributed by atoms with E-state index in [0.29, 0.717) is 27.3 Å². The van der Waals surface area contributed by atoms with Gasteiger partial charge in [0, 0.05) is 29.4 Å². The zero-order valence-corrected chi connectivity index (χ0v) is 14.9. The van der Waals surface area contributed by atoms with Crippen molar-refractivity contribution in [3.8, 4) is 0 Å². The summed E-state index contributed by atoms with van der Waals surface area (Å²) in [7, 11) is 0. The lowest BCUT2D eigenvalue weighted by atomic mass is 10.1. The highest BCUT2D eigenvalue weighted by molar-refractivity contribution is 6.42. The number of hydrazine groups is 1. The summed E-state index contributed by atoms with van der Waals surface area (Å²) in [6.45, 7) is 1.51. The Kier molecular flexibility index (Phi) is 4.09. The molecule has 2 aromatic rings. The van der Waals surface area contributed by atoms with E-state index in [-0.39, 0.29) is 12.2 Å². The van der Waals surface area contributed by atoms with Gasteiger partial charge < -0.3 is 0 Å². The Morgan fingerprint density at radius 2 is 1.71 bits per heavy atom. The lowest BCUT2D eigenvalue weighted by Crippen LogP contribution is -2.32. The molecule has 24 heavy (non-hydrogen) atoms. The van der Waals surface area contributed by atoms with Crippen LogP contribution >= 0.6 is 34.8 Å². The summed E-state index contributed by atoms with van der Waals surface area (Å²) in [5.74, 6) is 0. The Balaban J connectivity index is 1.85. The van der Waals surface area contributed by atoms with Gasteiger partial charge in [0.15, 0.2) is 0 Å². The molecule has 1 atom stereocenters. The highest BCUT2D eigenvalue weighted by Gasteiger charge is 2.48. The molecule has 2 amide bonds. The number of carbonyl (C=O) groups is 1. The predicted octanol–water partition coefficient (Wildman–Crippen LogP) is 5.21. The van der Waals surface area contributed by atoms with Gasteiger partial charge in [-0.2, -0.15) is 5.01 Å². The third kappa shape index (κ3) is 2.45. The SMILES string of the molecule is O=C1N(c2ccc(Cl)c(Cl)c2)[C@@H](c2ccccc2Cl)N2CCCN12. The van der Waals surface area contributed by atoms with Crippen molar-refractivity contribution >= 4 is 46.5 Å². The first-order valence-electron chi connectivity index (χ1n) is 7.64. The van der Waals surface area contributed by atoms with E-state index in [4.69, 9.17) is 34.8 Å². The monoisotopic (exact) mass is 381 g/mol. The van der Waals surface area contributed by atoms with Crippen LogP contribution in [0, 0.1) is 0 Å². The summed E-state index contributed by atoms with van der Waals surface area (Å²) in [5.41, 5.74) is 1.59. The minimum Gasteiger partial charge on any atom is -0.271 e. The fraction of sp³-hybridized carbons (Fsp3) is 0.235. The van der Waals surface area contributed by atoms with Crippen molar-refractivity contribution in [2.45, 2.75) is 12.6 Å². The highest BCUT2D eigenvalue weighted by atomic mass is 35.5. The number of benzene rings is 2. The second-order valence-corrected chi connectivity index (χ2v) is 7.01. The van der Waals surface area contributed by atoms with Crippen LogP contribution in [0.25, 0.3) is 0 Å². The number of hydrogen-bond donors (Lipinski definition) is 0. The summed E-state index contributed by atoms with van der Waals surface area (Å²) < 4.78 is 0. The molecule has 0 aliphatic carbocycles. The molecule has 2 saturated heterocycles. The molecule has 7 heteroatoms. The smallest absolute Gasteiger partial charge is 0.271 e. The lowest BCUT2D eigenvalue weighted by Gasteiger charge is -2.28. The molecule has 0 N–H and O–H groups in total. The molecule has 0 spiro atoms. The number of anilines is 1. The molecule has 4 nitrogen and oxygen atoms in total. The third-order valence-electron chi connectivity index (χ3n) is 4.39. The van der Waals surface area contributed by atoms with Crippen LogP contribution < -0.4 is 4.90 Å². The van der Waals surface area contributed by atoms with Gasteiger partial charge in [-0.15, -0.1) is 0 Å². The Labute approximate surface area is 155 Å². The Morgan fingerprint density at radius 1 is 0.917 bits per heavy atom. The minimum absolute atomic E-state index is 0.0733. The van der Waals surface area contributed by atoms with E-state index in [0.717, 1.165) is 18.5 Å². The Bertz CT molecular complexity index is 813. The highest BCUT2D eigenvalue weighted by Crippen LogP contribution is 2.43. The molecule has 0 radical (unpaired) electrons. The van der Waals surface area contributed by atoms with Gasteiger partial charge in [-0.3, -0.25) is 9.91 Å². The zero-order valence-electron chi connectivity index (χ0n) is 12.6. The van der Waals surface area contributed by atoms with Crippen LogP contribution in [0.15, 0.2) is 42.5 Å². The van der Waals surface area contributed by atoms with Crippen molar-refractivity contribution in [3.05, 3.63) is 63.1 Å². The number of urea groups is 1. The van der Waals surface area contributed by atoms with E-state index in [1.165, 1.54) is 0 Å². The van der Waals surface area contributed by atoms with Gasteiger partial charge >= 0.3 is 6.03 Å². The molecule has 0 saturated carbocycles. The molecule has 0 aromatic heterocycles. The van der Waals surface area contributed by atoms with E-state index in [1.54, 1.807) is 28.1 Å². The van der Waals surface area contributed by atoms with Gasteiger partial charge in [-0.25, -0.2) is 4.79 Å². The van der Waals surface area contributed by atoms with Crippen molar-refractivity contribution in [1.82, 2.24) is 10.0 Å². The van der Waals surface area contributed by atoms with Crippen molar-refractivity contribution in [2.75, 3.05) is 18.0 Å². The quantitative estimate of drug-likeness (QED) is 0.713. The van der Waals surface area contributed by atoms with Crippen LogP contribution in [-0.4, -0.2) is 29.1 Å². The molecular weight excluding hydrogens is 369 g/mol. The van der Waals surface area contributed by atoms with Gasteiger partial charge in [0.1, 0.15) is 6.17 Å². The molecule has 2 fully saturated rings. The lowest BCUT2D eigenvalue weighted by molar-refractivity contribution is 0.0728. The van der Waals surface area contributed by atoms with E-state index < -0.39 is 0 Å². The first-order valence-corrected chi connectivity index (χ1v) is 8.78. The van der Waals surface area contributed by atoms with E-state index in [9.17, 15) is 4.79 Å². The fourth-order valence-electron chi connectivity index (χ4n) is 3.32. The third-order valence-corrected chi connectivity index (χ3v) is 5.47. The zero-order chi connectivity index (χ0) is 16.8. The molecule has 4 rings (SSSR count). The van der Waals surface area contributed by atoms with E-state index in [2.05, 4.69) is 5.01 Å². The van der Waals surface area contributed by atoms with E-state index in [1.807, 2.05) is 24.3 Å². The van der Waals surface area contributed by atoms with Crippen molar-refractivity contribution in [1.29, 1.82) is 0 Å². The van der Waals surface area contributed by atoms with Gasteiger partial charge in [0.05, 0.1) is 10.0 Å². The summed E-state index contributed by atoms with van der Waals surface area (Å²) in [6.07, 6.45) is 0.660. The van der Waals surface area contributed by atoms with E-state index >= 15 is 0 Å². The average molecular weight is 383 g/mol. The standard InChI is InChI=1S/C17H14Cl3N3O/c18-13-5-2-1-4-12(13)16-21-8-3-9-22(21)17(24)23(16)11-6-7-14(19)15(20)10-11/h1-2,4-7,10,16H,3,8-9H2/t16-/m0/s1. The number of fused-ring (bicyclic) bond motifs is 1. The number of carbonyl (C=O) groups excluding carboxylic acids is 1. The molecule has 2 aliphatic rings. The normalized spacial score (nSPS) is 20.8. The topological polar surface area (TPSA) is 26.8 Å². The number of amides is 2. The Hall–Kier alpha value is -1.46. The number of hydrogen-bond acceptors (Lipinski definition) is 2. The van der Waals surface area contributed by atoms with Gasteiger partial charge in [0.25, 0.3) is 0 Å². The maximum atomic E-state index is 13.0. The number of halogens is 3. The van der Waals surface area contributed by atoms with Gasteiger partial charge in [-0.1, -0.05) is 53.0 Å². The maximum Gasteiger partial charge on any atom is 0.340 e. The van der Waals surface area contributed by atoms with Crippen LogP contribution in [0.2, 0.25) is 15.1 Å². The van der Waals surface area contributed by atoms with Crippen LogP contribution in [-0.2, 0) is 0 Å². The summed E-state index contributed by atoms with van der Waals surface area (Å²) in [6, 6.07) is 12.8. The van der Waals surface area contributed by atoms with Gasteiger partial charge in [0.2, 0.25) is 0 Å². The second kappa shape index (κ2) is 6.12. The first-order chi connectivity index (χ1) is 11.6. The molecule has 0 bridgehead atoms. The number of rotatable bonds is 2. The van der Waals surface area contributed by atoms with Crippen LogP contribution in [0.4, 0.5) is 10.5 Å². The first kappa shape index (κ1) is 16.0. The molecular formula is C17H14Cl3N3O.